The Labute approximate surface area is 155 Å². The van der Waals surface area contributed by atoms with Crippen molar-refractivity contribution >= 4 is 17.5 Å². The number of aliphatic hydroxyl groups is 1. The number of aliphatic hydroxyl groups excluding tert-OH is 1. The zero-order valence-electron chi connectivity index (χ0n) is 14.8. The number of nitrogens with one attached hydrogen (secondary N) is 2. The van der Waals surface area contributed by atoms with Gasteiger partial charge >= 0.3 is 12.4 Å². The number of hydrogen-bond donors (Lipinski definition) is 3. The number of anilines is 2. The monoisotopic (exact) mass is 417 g/mol. The molecule has 3 atom stereocenters. The second-order valence-electron chi connectivity index (χ2n) is 6.36. The largest absolute Gasteiger partial charge is 0.408 e. The number of halogens is 7. The first-order chi connectivity index (χ1) is 12.8. The number of aromatic nitrogens is 3. The van der Waals surface area contributed by atoms with Crippen molar-refractivity contribution in [3.05, 3.63) is 11.7 Å². The van der Waals surface area contributed by atoms with E-state index in [-0.39, 0.29) is 18.4 Å². The maximum absolute atomic E-state index is 14.2. The molecule has 0 amide bonds. The first kappa shape index (κ1) is 22.1. The van der Waals surface area contributed by atoms with Crippen LogP contribution in [0.5, 0.6) is 0 Å². The SMILES string of the molecule is CC(Nc1nc(N[C@H](C)C(F)(F)F)nc(C2=C(F)[C@H](O)CCC2)n1)C(F)(F)F. The van der Waals surface area contributed by atoms with E-state index in [9.17, 15) is 35.8 Å². The molecule has 1 aromatic rings. The van der Waals surface area contributed by atoms with Crippen LogP contribution in [0.15, 0.2) is 5.83 Å². The molecule has 3 N–H and O–H groups in total. The summed E-state index contributed by atoms with van der Waals surface area (Å²) in [6.45, 7) is 1.53. The maximum atomic E-state index is 14.2. The van der Waals surface area contributed by atoms with E-state index in [0.29, 0.717) is 6.42 Å². The minimum atomic E-state index is -4.68. The Kier molecular flexibility index (Phi) is 6.36. The van der Waals surface area contributed by atoms with E-state index in [1.165, 1.54) is 0 Å². The van der Waals surface area contributed by atoms with E-state index in [1.54, 1.807) is 0 Å². The molecule has 0 saturated heterocycles. The molecule has 1 unspecified atom stereocenters. The Morgan fingerprint density at radius 1 is 0.929 bits per heavy atom. The van der Waals surface area contributed by atoms with Crippen LogP contribution in [0.2, 0.25) is 0 Å². The molecule has 1 aliphatic rings. The van der Waals surface area contributed by atoms with Gasteiger partial charge in [-0.1, -0.05) is 0 Å². The summed E-state index contributed by atoms with van der Waals surface area (Å²) in [6, 6.07) is -4.24. The summed E-state index contributed by atoms with van der Waals surface area (Å²) < 4.78 is 90.8. The average molecular weight is 417 g/mol. The highest BCUT2D eigenvalue weighted by molar-refractivity contribution is 5.65. The number of allylic oxidation sites excluding steroid dienone is 1. The first-order valence-corrected chi connectivity index (χ1v) is 8.28. The Morgan fingerprint density at radius 2 is 1.39 bits per heavy atom. The summed E-state index contributed by atoms with van der Waals surface area (Å²) in [5.74, 6) is -2.76. The van der Waals surface area contributed by atoms with Gasteiger partial charge in [-0.05, 0) is 33.1 Å². The lowest BCUT2D eigenvalue weighted by Crippen LogP contribution is -2.35. The lowest BCUT2D eigenvalue weighted by molar-refractivity contribution is -0.139. The van der Waals surface area contributed by atoms with Crippen LogP contribution in [0.3, 0.4) is 0 Å². The van der Waals surface area contributed by atoms with Crippen LogP contribution < -0.4 is 10.6 Å². The molecule has 1 aromatic heterocycles. The molecule has 158 valence electrons. The fraction of sp³-hybridized carbons (Fsp3) is 0.667. The minimum absolute atomic E-state index is 0.0649. The van der Waals surface area contributed by atoms with Gasteiger partial charge in [0, 0.05) is 5.57 Å². The fourth-order valence-electron chi connectivity index (χ4n) is 2.33. The molecule has 0 aliphatic heterocycles. The average Bonchev–Trinajstić information content (AvgIpc) is 2.55. The molecule has 0 bridgehead atoms. The third kappa shape index (κ3) is 5.42. The lowest BCUT2D eigenvalue weighted by Gasteiger charge is -2.22. The van der Waals surface area contributed by atoms with Crippen LogP contribution in [0.1, 0.15) is 38.9 Å². The molecule has 0 radical (unpaired) electrons. The standard InChI is InChI=1S/C15H18F7N5O/c1-6(14(17,18)19)23-12-25-11(8-4-3-5-9(28)10(8)16)26-13(27-12)24-7(2)15(20,21)22/h6-7,9,28H,3-5H2,1-2H3,(H2,23,24,25,26,27)/t6-,7?,9-/m1/s1. The molecule has 6 nitrogen and oxygen atoms in total. The van der Waals surface area contributed by atoms with Crippen molar-refractivity contribution in [2.75, 3.05) is 10.6 Å². The van der Waals surface area contributed by atoms with Gasteiger partial charge in [0.1, 0.15) is 24.0 Å². The lowest BCUT2D eigenvalue weighted by atomic mass is 9.96. The van der Waals surface area contributed by atoms with Gasteiger partial charge in [-0.3, -0.25) is 0 Å². The smallest absolute Gasteiger partial charge is 0.386 e. The zero-order chi connectivity index (χ0) is 21.3. The molecular formula is C15H18F7N5O. The summed E-state index contributed by atoms with van der Waals surface area (Å²) in [7, 11) is 0. The molecule has 1 heterocycles. The zero-order valence-corrected chi connectivity index (χ0v) is 14.8. The highest BCUT2D eigenvalue weighted by atomic mass is 19.4. The number of rotatable bonds is 5. The van der Waals surface area contributed by atoms with Crippen LogP contribution in [0.25, 0.3) is 5.57 Å². The van der Waals surface area contributed by atoms with Gasteiger partial charge in [-0.2, -0.15) is 41.3 Å². The second kappa shape index (κ2) is 8.05. The van der Waals surface area contributed by atoms with Crippen molar-refractivity contribution in [3.63, 3.8) is 0 Å². The van der Waals surface area contributed by atoms with Crippen molar-refractivity contribution < 1.29 is 35.8 Å². The Hall–Kier alpha value is -2.18. The second-order valence-corrected chi connectivity index (χ2v) is 6.36. The van der Waals surface area contributed by atoms with Crippen LogP contribution in [0.4, 0.5) is 42.6 Å². The third-order valence-electron chi connectivity index (χ3n) is 4.06. The Bertz CT molecular complexity index is 694. The van der Waals surface area contributed by atoms with Gasteiger partial charge in [-0.25, -0.2) is 4.39 Å². The topological polar surface area (TPSA) is 83.0 Å². The normalized spacial score (nSPS) is 20.7. The van der Waals surface area contributed by atoms with Gasteiger partial charge in [0.2, 0.25) is 11.9 Å². The summed E-state index contributed by atoms with van der Waals surface area (Å²) in [6.07, 6.45) is -10.2. The minimum Gasteiger partial charge on any atom is -0.386 e. The van der Waals surface area contributed by atoms with Crippen molar-refractivity contribution in [2.24, 2.45) is 0 Å². The predicted octanol–water partition coefficient (Wildman–Crippen LogP) is 3.82. The molecule has 28 heavy (non-hydrogen) atoms. The van der Waals surface area contributed by atoms with E-state index in [2.05, 4.69) is 15.0 Å². The number of alkyl halides is 6. The summed E-state index contributed by atoms with van der Waals surface area (Å²) in [5, 5.41) is 13.5. The molecule has 13 heteroatoms. The maximum Gasteiger partial charge on any atom is 0.408 e. The van der Waals surface area contributed by atoms with Gasteiger partial charge in [0.25, 0.3) is 0 Å². The van der Waals surface area contributed by atoms with Gasteiger partial charge < -0.3 is 15.7 Å². The van der Waals surface area contributed by atoms with Crippen LogP contribution >= 0.6 is 0 Å². The number of nitrogens with zero attached hydrogens (tertiary/aromatic N) is 3. The molecule has 0 saturated carbocycles. The van der Waals surface area contributed by atoms with E-state index >= 15 is 0 Å². The quantitative estimate of drug-likeness (QED) is 0.632. The summed E-state index contributed by atoms with van der Waals surface area (Å²) in [4.78, 5) is 10.9. The van der Waals surface area contributed by atoms with Crippen LogP contribution in [-0.4, -0.2) is 50.6 Å². The highest BCUT2D eigenvalue weighted by Crippen LogP contribution is 2.33. The fourth-order valence-corrected chi connectivity index (χ4v) is 2.33. The van der Waals surface area contributed by atoms with Gasteiger partial charge in [0.15, 0.2) is 5.82 Å². The highest BCUT2D eigenvalue weighted by Gasteiger charge is 2.38. The van der Waals surface area contributed by atoms with E-state index in [0.717, 1.165) is 13.8 Å². The Balaban J connectivity index is 2.45. The molecule has 0 fully saturated rings. The van der Waals surface area contributed by atoms with Gasteiger partial charge in [0.05, 0.1) is 0 Å². The van der Waals surface area contributed by atoms with E-state index < -0.39 is 54.1 Å². The summed E-state index contributed by atoms with van der Waals surface area (Å²) >= 11 is 0. The molecule has 0 aromatic carbocycles. The van der Waals surface area contributed by atoms with Crippen molar-refractivity contribution in [1.29, 1.82) is 0 Å². The van der Waals surface area contributed by atoms with Crippen molar-refractivity contribution in [1.82, 2.24) is 15.0 Å². The molecular weight excluding hydrogens is 399 g/mol. The van der Waals surface area contributed by atoms with Gasteiger partial charge in [-0.15, -0.1) is 0 Å². The molecule has 2 rings (SSSR count). The third-order valence-corrected chi connectivity index (χ3v) is 4.06. The molecule has 0 spiro atoms. The first-order valence-electron chi connectivity index (χ1n) is 8.28. The van der Waals surface area contributed by atoms with E-state index in [4.69, 9.17) is 0 Å². The predicted molar refractivity (Wildman–Crippen MR) is 86.0 cm³/mol. The Morgan fingerprint density at radius 3 is 1.82 bits per heavy atom. The summed E-state index contributed by atoms with van der Waals surface area (Å²) in [5.41, 5.74) is -0.188. The molecule has 1 aliphatic carbocycles. The van der Waals surface area contributed by atoms with Crippen LogP contribution in [0, 0.1) is 0 Å². The van der Waals surface area contributed by atoms with Crippen molar-refractivity contribution in [2.45, 2.75) is 63.7 Å². The van der Waals surface area contributed by atoms with Crippen LogP contribution in [-0.2, 0) is 0 Å². The van der Waals surface area contributed by atoms with E-state index in [1.807, 2.05) is 10.6 Å². The van der Waals surface area contributed by atoms with Crippen molar-refractivity contribution in [3.8, 4) is 0 Å². The number of hydrogen-bond acceptors (Lipinski definition) is 6.